The number of benzene rings is 2. The van der Waals surface area contributed by atoms with Gasteiger partial charge in [-0.3, -0.25) is 9.36 Å². The van der Waals surface area contributed by atoms with E-state index >= 15 is 0 Å². The van der Waals surface area contributed by atoms with Crippen molar-refractivity contribution in [3.05, 3.63) is 72.3 Å². The Morgan fingerprint density at radius 1 is 1.06 bits per heavy atom. The van der Waals surface area contributed by atoms with Crippen molar-refractivity contribution in [1.29, 1.82) is 0 Å². The zero-order chi connectivity index (χ0) is 22.3. The van der Waals surface area contributed by atoms with Crippen LogP contribution in [0.2, 0.25) is 0 Å². The molecule has 0 unspecified atom stereocenters. The molecule has 1 heterocycles. The van der Waals surface area contributed by atoms with E-state index in [0.29, 0.717) is 23.7 Å². The third kappa shape index (κ3) is 4.85. The van der Waals surface area contributed by atoms with Crippen molar-refractivity contribution in [2.45, 2.75) is 32.1 Å². The number of carbonyl (C=O) groups excluding carboxylic acids is 1. The van der Waals surface area contributed by atoms with Gasteiger partial charge in [-0.05, 0) is 67.5 Å². The van der Waals surface area contributed by atoms with Gasteiger partial charge in [0.2, 0.25) is 0 Å². The van der Waals surface area contributed by atoms with Gasteiger partial charge in [-0.2, -0.15) is 0 Å². The summed E-state index contributed by atoms with van der Waals surface area (Å²) in [6, 6.07) is 13.8. The lowest BCUT2D eigenvalue weighted by Gasteiger charge is -2.14. The average molecular weight is 432 g/mol. The second-order valence-electron chi connectivity index (χ2n) is 7.88. The third-order valence-corrected chi connectivity index (χ3v) is 5.83. The molecule has 1 aliphatic carbocycles. The van der Waals surface area contributed by atoms with Crippen LogP contribution >= 0.6 is 0 Å². The van der Waals surface area contributed by atoms with E-state index in [1.54, 1.807) is 26.7 Å². The number of hydrogen-bond acceptors (Lipinski definition) is 4. The standard InChI is InChI=1S/C26H29N3O3/c1-31-24-12-11-21(16-25(24)32-2)20-9-6-10-22(15-20)29-18-27-17-23(29)26(30)28-14-13-19-7-4-3-5-8-19/h6-7,9-12,15-18H,3-5,8,13-14H2,1-2H3,(H,28,30). The Morgan fingerprint density at radius 3 is 2.69 bits per heavy atom. The lowest BCUT2D eigenvalue weighted by molar-refractivity contribution is 0.0947. The van der Waals surface area contributed by atoms with Crippen LogP contribution < -0.4 is 14.8 Å². The maximum absolute atomic E-state index is 12.8. The first-order valence-electron chi connectivity index (χ1n) is 11.0. The van der Waals surface area contributed by atoms with Crippen molar-refractivity contribution in [1.82, 2.24) is 14.9 Å². The molecule has 1 aliphatic rings. The Kier molecular flexibility index (Phi) is 6.90. The molecule has 0 fully saturated rings. The fourth-order valence-corrected chi connectivity index (χ4v) is 4.08. The summed E-state index contributed by atoms with van der Waals surface area (Å²) in [5, 5.41) is 3.05. The van der Waals surface area contributed by atoms with Gasteiger partial charge in [-0.25, -0.2) is 4.98 Å². The number of rotatable bonds is 8. The van der Waals surface area contributed by atoms with Gasteiger partial charge in [0, 0.05) is 12.2 Å². The largest absolute Gasteiger partial charge is 0.493 e. The molecule has 1 N–H and O–H groups in total. The van der Waals surface area contributed by atoms with Crippen LogP contribution in [-0.2, 0) is 0 Å². The minimum atomic E-state index is -0.115. The van der Waals surface area contributed by atoms with E-state index in [0.717, 1.165) is 36.1 Å². The first kappa shape index (κ1) is 21.7. The molecule has 0 aliphatic heterocycles. The zero-order valence-corrected chi connectivity index (χ0v) is 18.6. The Balaban J connectivity index is 1.51. The number of nitrogens with one attached hydrogen (secondary N) is 1. The van der Waals surface area contributed by atoms with Crippen molar-refractivity contribution in [2.24, 2.45) is 0 Å². The van der Waals surface area contributed by atoms with E-state index in [-0.39, 0.29) is 5.91 Å². The lowest BCUT2D eigenvalue weighted by atomic mass is 9.97. The van der Waals surface area contributed by atoms with E-state index in [1.807, 2.05) is 47.0 Å². The highest BCUT2D eigenvalue weighted by Gasteiger charge is 2.14. The highest BCUT2D eigenvalue weighted by Crippen LogP contribution is 2.33. The average Bonchev–Trinajstić information content (AvgIpc) is 3.34. The summed E-state index contributed by atoms with van der Waals surface area (Å²) in [6.07, 6.45) is 11.3. The van der Waals surface area contributed by atoms with Gasteiger partial charge in [0.15, 0.2) is 11.5 Å². The van der Waals surface area contributed by atoms with E-state index in [9.17, 15) is 4.79 Å². The van der Waals surface area contributed by atoms with Crippen molar-refractivity contribution in [3.63, 3.8) is 0 Å². The monoisotopic (exact) mass is 431 g/mol. The van der Waals surface area contributed by atoms with E-state index < -0.39 is 0 Å². The molecular formula is C26H29N3O3. The van der Waals surface area contributed by atoms with Crippen LogP contribution in [0.15, 0.2) is 66.6 Å². The van der Waals surface area contributed by atoms with Crippen LogP contribution in [0.1, 0.15) is 42.6 Å². The first-order valence-corrected chi connectivity index (χ1v) is 11.0. The van der Waals surface area contributed by atoms with Gasteiger partial charge in [-0.15, -0.1) is 0 Å². The second kappa shape index (κ2) is 10.2. The van der Waals surface area contributed by atoms with Crippen LogP contribution in [0.5, 0.6) is 11.5 Å². The zero-order valence-electron chi connectivity index (χ0n) is 18.6. The SMILES string of the molecule is COc1ccc(-c2cccc(-n3cncc3C(=O)NCCC3=CCCCC3)c2)cc1OC. The minimum absolute atomic E-state index is 0.115. The van der Waals surface area contributed by atoms with Gasteiger partial charge in [0.05, 0.1) is 26.7 Å². The summed E-state index contributed by atoms with van der Waals surface area (Å²) in [4.78, 5) is 17.1. The van der Waals surface area contributed by atoms with Crippen LogP contribution in [-0.4, -0.2) is 36.2 Å². The number of methoxy groups -OCH3 is 2. The molecule has 1 amide bonds. The van der Waals surface area contributed by atoms with Crippen molar-refractivity contribution in [2.75, 3.05) is 20.8 Å². The molecule has 0 spiro atoms. The molecule has 6 nitrogen and oxygen atoms in total. The van der Waals surface area contributed by atoms with Crippen LogP contribution in [0.3, 0.4) is 0 Å². The third-order valence-electron chi connectivity index (χ3n) is 5.83. The van der Waals surface area contributed by atoms with Crippen LogP contribution in [0, 0.1) is 0 Å². The Bertz CT molecular complexity index is 1120. The van der Waals surface area contributed by atoms with Gasteiger partial charge in [0.1, 0.15) is 5.69 Å². The number of hydrogen-bond donors (Lipinski definition) is 1. The van der Waals surface area contributed by atoms with E-state index in [4.69, 9.17) is 9.47 Å². The van der Waals surface area contributed by atoms with Gasteiger partial charge >= 0.3 is 0 Å². The maximum Gasteiger partial charge on any atom is 0.269 e. The fourth-order valence-electron chi connectivity index (χ4n) is 4.08. The molecule has 0 saturated carbocycles. The summed E-state index contributed by atoms with van der Waals surface area (Å²) >= 11 is 0. The molecule has 32 heavy (non-hydrogen) atoms. The number of carbonyl (C=O) groups is 1. The Hall–Kier alpha value is -3.54. The number of ether oxygens (including phenoxy) is 2. The second-order valence-corrected chi connectivity index (χ2v) is 7.88. The van der Waals surface area contributed by atoms with Crippen molar-refractivity contribution < 1.29 is 14.3 Å². The molecule has 0 saturated heterocycles. The topological polar surface area (TPSA) is 65.4 Å². The molecular weight excluding hydrogens is 402 g/mol. The predicted octanol–water partition coefficient (Wildman–Crippen LogP) is 5.18. The number of nitrogens with zero attached hydrogens (tertiary/aromatic N) is 2. The fraction of sp³-hybridized carbons (Fsp3) is 0.308. The van der Waals surface area contributed by atoms with E-state index in [1.165, 1.54) is 18.4 Å². The molecule has 0 radical (unpaired) electrons. The number of amides is 1. The van der Waals surface area contributed by atoms with Crippen molar-refractivity contribution >= 4 is 5.91 Å². The van der Waals surface area contributed by atoms with Crippen molar-refractivity contribution in [3.8, 4) is 28.3 Å². The van der Waals surface area contributed by atoms with Gasteiger partial charge < -0.3 is 14.8 Å². The molecule has 1 aromatic heterocycles. The molecule has 2 aromatic carbocycles. The number of aromatic nitrogens is 2. The molecule has 0 atom stereocenters. The van der Waals surface area contributed by atoms with Crippen LogP contribution in [0.4, 0.5) is 0 Å². The predicted molar refractivity (Wildman–Crippen MR) is 126 cm³/mol. The highest BCUT2D eigenvalue weighted by molar-refractivity contribution is 5.93. The van der Waals surface area contributed by atoms with Crippen LogP contribution in [0.25, 0.3) is 16.8 Å². The first-order chi connectivity index (χ1) is 15.7. The highest BCUT2D eigenvalue weighted by atomic mass is 16.5. The van der Waals surface area contributed by atoms with Gasteiger partial charge in [-0.1, -0.05) is 29.8 Å². The molecule has 4 rings (SSSR count). The normalized spacial score (nSPS) is 13.4. The summed E-state index contributed by atoms with van der Waals surface area (Å²) in [7, 11) is 3.25. The minimum Gasteiger partial charge on any atom is -0.493 e. The summed E-state index contributed by atoms with van der Waals surface area (Å²) < 4.78 is 12.6. The quantitative estimate of drug-likeness (QED) is 0.499. The molecule has 3 aromatic rings. The van der Waals surface area contributed by atoms with E-state index in [2.05, 4.69) is 16.4 Å². The molecule has 0 bridgehead atoms. The summed E-state index contributed by atoms with van der Waals surface area (Å²) in [5.74, 6) is 1.24. The molecule has 166 valence electrons. The Morgan fingerprint density at radius 2 is 1.91 bits per heavy atom. The Labute approximate surface area is 188 Å². The summed E-state index contributed by atoms with van der Waals surface area (Å²) in [5.41, 5.74) is 4.85. The maximum atomic E-state index is 12.8. The van der Waals surface area contributed by atoms with Gasteiger partial charge in [0.25, 0.3) is 5.91 Å². The molecule has 6 heteroatoms. The summed E-state index contributed by atoms with van der Waals surface area (Å²) in [6.45, 7) is 0.640. The lowest BCUT2D eigenvalue weighted by Crippen LogP contribution is -2.26. The number of imidazole rings is 1. The number of allylic oxidation sites excluding steroid dienone is 1. The smallest absolute Gasteiger partial charge is 0.269 e.